The lowest BCUT2D eigenvalue weighted by atomic mass is 9.76. The summed E-state index contributed by atoms with van der Waals surface area (Å²) in [4.78, 5) is 7.94. The highest BCUT2D eigenvalue weighted by Gasteiger charge is 2.32. The van der Waals surface area contributed by atoms with Crippen molar-refractivity contribution in [3.63, 3.8) is 0 Å². The zero-order chi connectivity index (χ0) is 14.0. The summed E-state index contributed by atoms with van der Waals surface area (Å²) in [7, 11) is 0. The molecule has 0 amide bonds. The average molecular weight is 324 g/mol. The fraction of sp³-hybridized carbons (Fsp3) is 0.438. The number of nitrogens with two attached hydrogens (primary N) is 1. The summed E-state index contributed by atoms with van der Waals surface area (Å²) in [6.45, 7) is 5.63. The van der Waals surface area contributed by atoms with Gasteiger partial charge in [-0.15, -0.1) is 23.7 Å². The van der Waals surface area contributed by atoms with Crippen LogP contribution in [0.1, 0.15) is 30.2 Å². The number of aromatic nitrogens is 1. The predicted octanol–water partition coefficient (Wildman–Crippen LogP) is 3.70. The summed E-state index contributed by atoms with van der Waals surface area (Å²) in [5.74, 6) is 0. The first-order valence-corrected chi connectivity index (χ1v) is 7.95. The van der Waals surface area contributed by atoms with E-state index in [0.717, 1.165) is 13.1 Å². The number of rotatable bonds is 3. The third-order valence-corrected chi connectivity index (χ3v) is 5.01. The number of hydrogen-bond acceptors (Lipinski definition) is 4. The Labute approximate surface area is 136 Å². The second-order valence-corrected chi connectivity index (χ2v) is 7.05. The first kappa shape index (κ1) is 16.3. The molecule has 3 rings (SSSR count). The van der Waals surface area contributed by atoms with Crippen molar-refractivity contribution < 1.29 is 0 Å². The molecule has 114 valence electrons. The van der Waals surface area contributed by atoms with Crippen LogP contribution in [0, 0.1) is 0 Å². The van der Waals surface area contributed by atoms with Crippen LogP contribution >= 0.6 is 23.7 Å². The minimum absolute atomic E-state index is 0. The molecule has 2 aromatic rings. The van der Waals surface area contributed by atoms with E-state index >= 15 is 0 Å². The molecule has 0 saturated carbocycles. The van der Waals surface area contributed by atoms with Crippen LogP contribution < -0.4 is 5.73 Å². The van der Waals surface area contributed by atoms with Gasteiger partial charge in [0.1, 0.15) is 0 Å². The highest BCUT2D eigenvalue weighted by atomic mass is 35.5. The number of nitrogens with zero attached hydrogens (tertiary/aromatic N) is 2. The first-order valence-electron chi connectivity index (χ1n) is 7.14. The van der Waals surface area contributed by atoms with Crippen LogP contribution in [-0.2, 0) is 12.0 Å². The van der Waals surface area contributed by atoms with E-state index in [-0.39, 0.29) is 17.8 Å². The summed E-state index contributed by atoms with van der Waals surface area (Å²) in [5.41, 5.74) is 7.43. The maximum atomic E-state index is 5.72. The molecular weight excluding hydrogens is 302 g/mol. The molecular formula is C16H22ClN3S. The SMILES string of the molecule is CC1(c2ccccc2)CCCN(Cc2cnc(N)s2)C1.Cl. The standard InChI is InChI=1S/C16H21N3S.ClH/c1-16(13-6-3-2-4-7-13)8-5-9-19(12-16)11-14-10-18-15(17)20-14;/h2-4,6-7,10H,5,8-9,11-12H2,1H3,(H2,17,18);1H. The van der Waals surface area contributed by atoms with Crippen LogP contribution in [0.2, 0.25) is 0 Å². The van der Waals surface area contributed by atoms with E-state index in [4.69, 9.17) is 5.73 Å². The maximum absolute atomic E-state index is 5.72. The van der Waals surface area contributed by atoms with Crippen molar-refractivity contribution in [3.05, 3.63) is 47.0 Å². The van der Waals surface area contributed by atoms with Crippen molar-refractivity contribution in [3.8, 4) is 0 Å². The third kappa shape index (κ3) is 3.76. The Kier molecular flexibility index (Phi) is 5.25. The average Bonchev–Trinajstić information content (AvgIpc) is 2.85. The van der Waals surface area contributed by atoms with Gasteiger partial charge < -0.3 is 5.73 Å². The van der Waals surface area contributed by atoms with Gasteiger partial charge in [0.2, 0.25) is 0 Å². The van der Waals surface area contributed by atoms with Crippen LogP contribution in [0.5, 0.6) is 0 Å². The van der Waals surface area contributed by atoms with Gasteiger partial charge >= 0.3 is 0 Å². The summed E-state index contributed by atoms with van der Waals surface area (Å²) >= 11 is 1.60. The Bertz CT molecular complexity index is 572. The second-order valence-electron chi connectivity index (χ2n) is 5.91. The van der Waals surface area contributed by atoms with E-state index in [1.807, 2.05) is 6.20 Å². The van der Waals surface area contributed by atoms with Gasteiger partial charge in [0, 0.05) is 29.6 Å². The van der Waals surface area contributed by atoms with Crippen LogP contribution in [0.4, 0.5) is 5.13 Å². The molecule has 5 heteroatoms. The lowest BCUT2D eigenvalue weighted by molar-refractivity contribution is 0.151. The lowest BCUT2D eigenvalue weighted by Gasteiger charge is -2.40. The third-order valence-electron chi connectivity index (χ3n) is 4.20. The van der Waals surface area contributed by atoms with Gasteiger partial charge in [-0.05, 0) is 24.9 Å². The van der Waals surface area contributed by atoms with Gasteiger partial charge in [-0.25, -0.2) is 4.98 Å². The summed E-state index contributed by atoms with van der Waals surface area (Å²) < 4.78 is 0. The number of thiazole rings is 1. The summed E-state index contributed by atoms with van der Waals surface area (Å²) in [6.07, 6.45) is 4.42. The van der Waals surface area contributed by atoms with Gasteiger partial charge in [-0.1, -0.05) is 37.3 Å². The molecule has 3 nitrogen and oxygen atoms in total. The Morgan fingerprint density at radius 3 is 2.76 bits per heavy atom. The van der Waals surface area contributed by atoms with Crippen molar-refractivity contribution in [1.82, 2.24) is 9.88 Å². The van der Waals surface area contributed by atoms with Crippen molar-refractivity contribution in [1.29, 1.82) is 0 Å². The molecule has 0 bridgehead atoms. The minimum atomic E-state index is 0. The summed E-state index contributed by atoms with van der Waals surface area (Å²) in [5, 5.41) is 0.669. The van der Waals surface area contributed by atoms with E-state index in [9.17, 15) is 0 Å². The smallest absolute Gasteiger partial charge is 0.180 e. The van der Waals surface area contributed by atoms with Crippen molar-refractivity contribution in [2.45, 2.75) is 31.7 Å². The van der Waals surface area contributed by atoms with Crippen LogP contribution in [0.15, 0.2) is 36.5 Å². The number of hydrogen-bond donors (Lipinski definition) is 1. The molecule has 1 unspecified atom stereocenters. The Morgan fingerprint density at radius 2 is 2.10 bits per heavy atom. The summed E-state index contributed by atoms with van der Waals surface area (Å²) in [6, 6.07) is 10.9. The number of halogens is 1. The molecule has 2 heterocycles. The quantitative estimate of drug-likeness (QED) is 0.936. The molecule has 1 saturated heterocycles. The Morgan fingerprint density at radius 1 is 1.33 bits per heavy atom. The van der Waals surface area contributed by atoms with Gasteiger partial charge in [-0.3, -0.25) is 4.90 Å². The number of anilines is 1. The van der Waals surface area contributed by atoms with Crippen LogP contribution in [0.25, 0.3) is 0 Å². The minimum Gasteiger partial charge on any atom is -0.375 e. The molecule has 0 radical (unpaired) electrons. The molecule has 1 aliphatic rings. The highest BCUT2D eigenvalue weighted by molar-refractivity contribution is 7.15. The Balaban J connectivity index is 0.00000161. The molecule has 21 heavy (non-hydrogen) atoms. The number of nitrogen functional groups attached to an aromatic ring is 1. The highest BCUT2D eigenvalue weighted by Crippen LogP contribution is 2.34. The fourth-order valence-corrected chi connectivity index (χ4v) is 3.90. The number of piperidine rings is 1. The number of benzene rings is 1. The largest absolute Gasteiger partial charge is 0.375 e. The molecule has 1 atom stereocenters. The molecule has 2 N–H and O–H groups in total. The van der Waals surface area contributed by atoms with E-state index < -0.39 is 0 Å². The van der Waals surface area contributed by atoms with Gasteiger partial charge in [-0.2, -0.15) is 0 Å². The van der Waals surface area contributed by atoms with Crippen molar-refractivity contribution >= 4 is 28.9 Å². The van der Waals surface area contributed by atoms with Gasteiger partial charge in [0.25, 0.3) is 0 Å². The van der Waals surface area contributed by atoms with Gasteiger partial charge in [0.05, 0.1) is 0 Å². The monoisotopic (exact) mass is 323 g/mol. The van der Waals surface area contributed by atoms with Crippen LogP contribution in [-0.4, -0.2) is 23.0 Å². The molecule has 1 aromatic carbocycles. The van der Waals surface area contributed by atoms with E-state index in [2.05, 4.69) is 47.1 Å². The predicted molar refractivity (Wildman–Crippen MR) is 92.1 cm³/mol. The van der Waals surface area contributed by atoms with E-state index in [1.165, 1.54) is 29.8 Å². The molecule has 0 spiro atoms. The maximum Gasteiger partial charge on any atom is 0.180 e. The van der Waals surface area contributed by atoms with E-state index in [0.29, 0.717) is 5.13 Å². The Hall–Kier alpha value is -1.10. The second kappa shape index (κ2) is 6.77. The molecule has 1 aromatic heterocycles. The lowest BCUT2D eigenvalue weighted by Crippen LogP contribution is -2.43. The topological polar surface area (TPSA) is 42.2 Å². The zero-order valence-electron chi connectivity index (χ0n) is 12.3. The van der Waals surface area contributed by atoms with Crippen LogP contribution in [0.3, 0.4) is 0 Å². The molecule has 0 aliphatic carbocycles. The molecule has 1 fully saturated rings. The van der Waals surface area contributed by atoms with Crippen molar-refractivity contribution in [2.75, 3.05) is 18.8 Å². The first-order chi connectivity index (χ1) is 9.66. The van der Waals surface area contributed by atoms with E-state index in [1.54, 1.807) is 11.3 Å². The number of likely N-dealkylation sites (tertiary alicyclic amines) is 1. The normalized spacial score (nSPS) is 22.7. The molecule has 1 aliphatic heterocycles. The van der Waals surface area contributed by atoms with Gasteiger partial charge in [0.15, 0.2) is 5.13 Å². The fourth-order valence-electron chi connectivity index (χ4n) is 3.17. The zero-order valence-corrected chi connectivity index (χ0v) is 13.9. The van der Waals surface area contributed by atoms with Crippen molar-refractivity contribution in [2.24, 2.45) is 0 Å².